The highest BCUT2D eigenvalue weighted by atomic mass is 35.5. The highest BCUT2D eigenvalue weighted by Crippen LogP contribution is 2.33. The van der Waals surface area contributed by atoms with Gasteiger partial charge in [-0.05, 0) is 43.3 Å². The van der Waals surface area contributed by atoms with Crippen LogP contribution in [0.3, 0.4) is 0 Å². The molecule has 0 saturated carbocycles. The summed E-state index contributed by atoms with van der Waals surface area (Å²) in [4.78, 5) is 4.76. The topological polar surface area (TPSA) is 34.1 Å². The van der Waals surface area contributed by atoms with Crippen molar-refractivity contribution in [1.82, 2.24) is 4.98 Å². The number of rotatable bonds is 4. The van der Waals surface area contributed by atoms with E-state index in [0.29, 0.717) is 6.61 Å². The Labute approximate surface area is 153 Å². The fourth-order valence-electron chi connectivity index (χ4n) is 2.92. The highest BCUT2D eigenvalue weighted by molar-refractivity contribution is 6.08. The molecule has 4 rings (SSSR count). The van der Waals surface area contributed by atoms with E-state index in [4.69, 9.17) is 9.72 Å². The molecule has 0 radical (unpaired) electrons. The smallest absolute Gasteiger partial charge is 0.119 e. The molecule has 25 heavy (non-hydrogen) atoms. The van der Waals surface area contributed by atoms with Crippen molar-refractivity contribution in [3.05, 3.63) is 72.8 Å². The van der Waals surface area contributed by atoms with E-state index in [1.807, 2.05) is 67.6 Å². The van der Waals surface area contributed by atoms with Crippen molar-refractivity contribution in [2.24, 2.45) is 0 Å². The lowest BCUT2D eigenvalue weighted by atomic mass is 10.1. The first-order valence-electron chi connectivity index (χ1n) is 8.12. The highest BCUT2D eigenvalue weighted by Gasteiger charge is 2.08. The Balaban J connectivity index is 0.00000182. The lowest BCUT2D eigenvalue weighted by Crippen LogP contribution is -3.00. The number of anilines is 2. The minimum atomic E-state index is 0. The second kappa shape index (κ2) is 7.41. The fraction of sp³-hybridized carbons (Fsp3) is 0.0952. The normalized spacial score (nSPS) is 10.4. The van der Waals surface area contributed by atoms with Crippen LogP contribution in [-0.2, 0) is 0 Å². The molecule has 0 saturated heterocycles. The number of ether oxygens (including phenoxy) is 1. The standard InChI is InChI=1S/C21H18N2O.ClH/c1-2-24-16-13-11-15(12-14-16)22-21-17-7-3-5-9-19(17)23-20-10-6-4-8-18(20)21;/h3-14H,2H2,1H3,(H,22,23);1H/p-1. The lowest BCUT2D eigenvalue weighted by Gasteiger charge is -2.13. The second-order valence-corrected chi connectivity index (χ2v) is 5.60. The van der Waals surface area contributed by atoms with Gasteiger partial charge in [-0.3, -0.25) is 0 Å². The predicted molar refractivity (Wildman–Crippen MR) is 100 cm³/mol. The van der Waals surface area contributed by atoms with Crippen molar-refractivity contribution < 1.29 is 17.1 Å². The van der Waals surface area contributed by atoms with Gasteiger partial charge in [0, 0.05) is 16.5 Å². The quantitative estimate of drug-likeness (QED) is 0.575. The second-order valence-electron chi connectivity index (χ2n) is 5.60. The van der Waals surface area contributed by atoms with Gasteiger partial charge in [0.25, 0.3) is 0 Å². The Morgan fingerprint density at radius 1 is 0.800 bits per heavy atom. The molecule has 0 unspecified atom stereocenters. The molecule has 1 heterocycles. The van der Waals surface area contributed by atoms with Gasteiger partial charge in [-0.25, -0.2) is 4.98 Å². The number of fused-ring (bicyclic) bond motifs is 2. The SMILES string of the molecule is CCOc1ccc(Nc2c3ccccc3nc3ccccc23)cc1.[Cl-]. The molecule has 3 nitrogen and oxygen atoms in total. The van der Waals surface area contributed by atoms with Crippen LogP contribution in [0.25, 0.3) is 21.8 Å². The van der Waals surface area contributed by atoms with Crippen LogP contribution in [0.1, 0.15) is 6.92 Å². The maximum absolute atomic E-state index is 5.51. The zero-order chi connectivity index (χ0) is 16.4. The van der Waals surface area contributed by atoms with Gasteiger partial charge >= 0.3 is 0 Å². The van der Waals surface area contributed by atoms with Crippen LogP contribution in [0.4, 0.5) is 11.4 Å². The van der Waals surface area contributed by atoms with Crippen LogP contribution >= 0.6 is 0 Å². The number of benzene rings is 3. The van der Waals surface area contributed by atoms with Crippen molar-refractivity contribution in [3.63, 3.8) is 0 Å². The Hall–Kier alpha value is -2.78. The van der Waals surface area contributed by atoms with Crippen LogP contribution in [-0.4, -0.2) is 11.6 Å². The van der Waals surface area contributed by atoms with Gasteiger partial charge in [-0.1, -0.05) is 36.4 Å². The molecule has 0 spiro atoms. The number of hydrogen-bond acceptors (Lipinski definition) is 3. The summed E-state index contributed by atoms with van der Waals surface area (Å²) in [6.45, 7) is 2.66. The summed E-state index contributed by atoms with van der Waals surface area (Å²) in [5.41, 5.74) is 4.09. The maximum Gasteiger partial charge on any atom is 0.119 e. The van der Waals surface area contributed by atoms with Gasteiger partial charge in [-0.2, -0.15) is 0 Å². The van der Waals surface area contributed by atoms with Crippen molar-refractivity contribution >= 4 is 33.2 Å². The van der Waals surface area contributed by atoms with Crippen molar-refractivity contribution in [3.8, 4) is 5.75 Å². The first-order chi connectivity index (χ1) is 11.8. The number of nitrogens with zero attached hydrogens (tertiary/aromatic N) is 1. The molecule has 3 aromatic carbocycles. The molecule has 4 heteroatoms. The summed E-state index contributed by atoms with van der Waals surface area (Å²) in [6, 6.07) is 24.5. The number of nitrogens with one attached hydrogen (secondary N) is 1. The van der Waals surface area contributed by atoms with E-state index >= 15 is 0 Å². The summed E-state index contributed by atoms with van der Waals surface area (Å²) in [7, 11) is 0. The minimum absolute atomic E-state index is 0. The van der Waals surface area contributed by atoms with Crippen LogP contribution in [0.5, 0.6) is 5.75 Å². The van der Waals surface area contributed by atoms with Gasteiger partial charge < -0.3 is 22.5 Å². The summed E-state index contributed by atoms with van der Waals surface area (Å²) >= 11 is 0. The molecule has 126 valence electrons. The molecule has 0 aliphatic heterocycles. The Bertz CT molecular complexity index is 945. The van der Waals surface area contributed by atoms with Crippen LogP contribution in [0, 0.1) is 0 Å². The Morgan fingerprint density at radius 2 is 1.36 bits per heavy atom. The first kappa shape index (κ1) is 17.1. The average molecular weight is 350 g/mol. The first-order valence-corrected chi connectivity index (χ1v) is 8.12. The third-order valence-corrected chi connectivity index (χ3v) is 4.02. The van der Waals surface area contributed by atoms with E-state index in [-0.39, 0.29) is 12.4 Å². The molecule has 0 fully saturated rings. The summed E-state index contributed by atoms with van der Waals surface area (Å²) < 4.78 is 5.51. The largest absolute Gasteiger partial charge is 1.00 e. The number of para-hydroxylation sites is 2. The van der Waals surface area contributed by atoms with Crippen LogP contribution in [0.15, 0.2) is 72.8 Å². The number of hydrogen-bond donors (Lipinski definition) is 1. The average Bonchev–Trinajstić information content (AvgIpc) is 2.63. The van der Waals surface area contributed by atoms with Gasteiger partial charge in [0.05, 0.1) is 23.3 Å². The van der Waals surface area contributed by atoms with E-state index in [1.165, 1.54) is 0 Å². The van der Waals surface area contributed by atoms with Gasteiger partial charge in [0.1, 0.15) is 5.75 Å². The Kier molecular flexibility index (Phi) is 5.05. The monoisotopic (exact) mass is 349 g/mol. The van der Waals surface area contributed by atoms with Crippen molar-refractivity contribution in [1.29, 1.82) is 0 Å². The van der Waals surface area contributed by atoms with E-state index in [1.54, 1.807) is 0 Å². The predicted octanol–water partition coefficient (Wildman–Crippen LogP) is 2.53. The molecule has 1 N–H and O–H groups in total. The van der Waals surface area contributed by atoms with E-state index < -0.39 is 0 Å². The molecule has 1 aromatic heterocycles. The number of pyridine rings is 1. The molecule has 4 aromatic rings. The fourth-order valence-corrected chi connectivity index (χ4v) is 2.92. The van der Waals surface area contributed by atoms with E-state index in [0.717, 1.165) is 38.9 Å². The van der Waals surface area contributed by atoms with Gasteiger partial charge in [0.2, 0.25) is 0 Å². The van der Waals surface area contributed by atoms with Gasteiger partial charge in [-0.15, -0.1) is 0 Å². The van der Waals surface area contributed by atoms with Crippen molar-refractivity contribution in [2.75, 3.05) is 11.9 Å². The Morgan fingerprint density at radius 3 is 1.92 bits per heavy atom. The maximum atomic E-state index is 5.51. The third kappa shape index (κ3) is 3.37. The van der Waals surface area contributed by atoms with Crippen LogP contribution in [0.2, 0.25) is 0 Å². The molecule has 0 aliphatic rings. The van der Waals surface area contributed by atoms with E-state index in [2.05, 4.69) is 17.4 Å². The van der Waals surface area contributed by atoms with E-state index in [9.17, 15) is 0 Å². The molecular formula is C21H18ClN2O-. The molecule has 0 bridgehead atoms. The molecule has 0 aliphatic carbocycles. The number of halogens is 1. The summed E-state index contributed by atoms with van der Waals surface area (Å²) in [5.74, 6) is 0.882. The zero-order valence-electron chi connectivity index (χ0n) is 13.9. The van der Waals surface area contributed by atoms with Crippen molar-refractivity contribution in [2.45, 2.75) is 6.92 Å². The molecular weight excluding hydrogens is 332 g/mol. The number of aromatic nitrogens is 1. The lowest BCUT2D eigenvalue weighted by molar-refractivity contribution is -0.00000527. The van der Waals surface area contributed by atoms with Crippen LogP contribution < -0.4 is 22.5 Å². The molecule has 0 amide bonds. The molecule has 0 atom stereocenters. The van der Waals surface area contributed by atoms with Gasteiger partial charge in [0.15, 0.2) is 0 Å². The third-order valence-electron chi connectivity index (χ3n) is 4.02. The minimum Gasteiger partial charge on any atom is -1.00 e. The summed E-state index contributed by atoms with van der Waals surface area (Å²) in [6.07, 6.45) is 0. The zero-order valence-corrected chi connectivity index (χ0v) is 14.6. The summed E-state index contributed by atoms with van der Waals surface area (Å²) in [5, 5.41) is 5.80.